The maximum atomic E-state index is 9.84. The molecule has 0 aromatic heterocycles. The molecule has 0 amide bonds. The highest BCUT2D eigenvalue weighted by Crippen LogP contribution is 2.12. The quantitative estimate of drug-likeness (QED) is 0.641. The average Bonchev–Trinajstić information content (AvgIpc) is 2.17. The Kier molecular flexibility index (Phi) is 3.98. The highest BCUT2D eigenvalue weighted by Gasteiger charge is 2.21. The predicted molar refractivity (Wildman–Crippen MR) is 49.9 cm³/mol. The Bertz CT molecular complexity index is 124. The summed E-state index contributed by atoms with van der Waals surface area (Å²) in [5.74, 6) is 0.392. The van der Waals surface area contributed by atoms with Gasteiger partial charge in [-0.05, 0) is 12.3 Å². The highest BCUT2D eigenvalue weighted by atomic mass is 16.3. The number of aliphatic hydroxyl groups is 1. The zero-order chi connectivity index (χ0) is 8.97. The summed E-state index contributed by atoms with van der Waals surface area (Å²) in [5.41, 5.74) is 0. The van der Waals surface area contributed by atoms with Crippen LogP contribution in [0, 0.1) is 5.92 Å². The van der Waals surface area contributed by atoms with Gasteiger partial charge in [-0.3, -0.25) is 4.90 Å². The Balaban J connectivity index is 2.33. The second-order valence-electron chi connectivity index (χ2n) is 3.59. The van der Waals surface area contributed by atoms with Crippen LogP contribution in [0.2, 0.25) is 0 Å². The third-order valence-electron chi connectivity index (χ3n) is 2.68. The van der Waals surface area contributed by atoms with E-state index < -0.39 is 0 Å². The van der Waals surface area contributed by atoms with Gasteiger partial charge in [-0.1, -0.05) is 13.8 Å². The third-order valence-corrected chi connectivity index (χ3v) is 2.68. The van der Waals surface area contributed by atoms with Crippen LogP contribution in [0.5, 0.6) is 0 Å². The van der Waals surface area contributed by atoms with Gasteiger partial charge in [0.2, 0.25) is 0 Å². The van der Waals surface area contributed by atoms with Crippen LogP contribution < -0.4 is 5.32 Å². The standard InChI is InChI=1S/C9H20N2O/c1-3-8(2)9(12)11-6-4-10-5-7-11/h8-10,12H,3-7H2,1-2H3. The minimum Gasteiger partial charge on any atom is -0.378 e. The van der Waals surface area contributed by atoms with Crippen molar-refractivity contribution < 1.29 is 5.11 Å². The molecule has 1 saturated heterocycles. The van der Waals surface area contributed by atoms with Crippen molar-refractivity contribution in [1.29, 1.82) is 0 Å². The van der Waals surface area contributed by atoms with E-state index in [1.54, 1.807) is 0 Å². The van der Waals surface area contributed by atoms with E-state index in [4.69, 9.17) is 0 Å². The van der Waals surface area contributed by atoms with Gasteiger partial charge in [0, 0.05) is 26.2 Å². The lowest BCUT2D eigenvalue weighted by atomic mass is 10.1. The summed E-state index contributed by atoms with van der Waals surface area (Å²) in [4.78, 5) is 2.16. The largest absolute Gasteiger partial charge is 0.378 e. The van der Waals surface area contributed by atoms with Gasteiger partial charge in [0.25, 0.3) is 0 Å². The second kappa shape index (κ2) is 4.80. The number of hydrogen-bond acceptors (Lipinski definition) is 3. The molecule has 3 heteroatoms. The molecule has 1 aliphatic rings. The smallest absolute Gasteiger partial charge is 0.110 e. The fraction of sp³-hybridized carbons (Fsp3) is 1.00. The zero-order valence-corrected chi connectivity index (χ0v) is 8.08. The summed E-state index contributed by atoms with van der Waals surface area (Å²) < 4.78 is 0. The summed E-state index contributed by atoms with van der Waals surface area (Å²) in [7, 11) is 0. The maximum Gasteiger partial charge on any atom is 0.110 e. The molecule has 0 saturated carbocycles. The summed E-state index contributed by atoms with van der Waals surface area (Å²) in [5, 5.41) is 13.1. The molecule has 1 heterocycles. The van der Waals surface area contributed by atoms with Crippen LogP contribution in [-0.4, -0.2) is 42.4 Å². The van der Waals surface area contributed by atoms with Crippen molar-refractivity contribution in [2.24, 2.45) is 5.92 Å². The Hall–Kier alpha value is -0.120. The Morgan fingerprint density at radius 3 is 2.50 bits per heavy atom. The number of piperazine rings is 1. The number of rotatable bonds is 3. The van der Waals surface area contributed by atoms with Crippen LogP contribution in [0.4, 0.5) is 0 Å². The molecule has 0 aromatic carbocycles. The lowest BCUT2D eigenvalue weighted by Gasteiger charge is -2.34. The van der Waals surface area contributed by atoms with E-state index in [0.29, 0.717) is 5.92 Å². The van der Waals surface area contributed by atoms with Gasteiger partial charge < -0.3 is 10.4 Å². The Morgan fingerprint density at radius 1 is 1.42 bits per heavy atom. The van der Waals surface area contributed by atoms with Gasteiger partial charge in [-0.2, -0.15) is 0 Å². The van der Waals surface area contributed by atoms with E-state index in [1.165, 1.54) is 0 Å². The first-order valence-electron chi connectivity index (χ1n) is 4.88. The molecular formula is C9H20N2O. The van der Waals surface area contributed by atoms with Crippen LogP contribution in [0.3, 0.4) is 0 Å². The molecule has 72 valence electrons. The highest BCUT2D eigenvalue weighted by molar-refractivity contribution is 4.72. The molecule has 1 rings (SSSR count). The van der Waals surface area contributed by atoms with Crippen LogP contribution >= 0.6 is 0 Å². The molecule has 1 fully saturated rings. The number of hydrogen-bond donors (Lipinski definition) is 2. The molecule has 3 nitrogen and oxygen atoms in total. The zero-order valence-electron chi connectivity index (χ0n) is 8.08. The molecular weight excluding hydrogens is 152 g/mol. The molecule has 2 unspecified atom stereocenters. The van der Waals surface area contributed by atoms with E-state index in [2.05, 4.69) is 24.1 Å². The average molecular weight is 172 g/mol. The van der Waals surface area contributed by atoms with Crippen molar-refractivity contribution in [2.75, 3.05) is 26.2 Å². The summed E-state index contributed by atoms with van der Waals surface area (Å²) in [6.45, 7) is 8.20. The lowest BCUT2D eigenvalue weighted by molar-refractivity contribution is -0.0413. The molecule has 0 bridgehead atoms. The fourth-order valence-electron chi connectivity index (χ4n) is 1.52. The van der Waals surface area contributed by atoms with Crippen molar-refractivity contribution in [2.45, 2.75) is 26.5 Å². The van der Waals surface area contributed by atoms with Gasteiger partial charge in [-0.25, -0.2) is 0 Å². The fourth-order valence-corrected chi connectivity index (χ4v) is 1.52. The van der Waals surface area contributed by atoms with Crippen LogP contribution in [0.25, 0.3) is 0 Å². The Morgan fingerprint density at radius 2 is 2.00 bits per heavy atom. The van der Waals surface area contributed by atoms with Gasteiger partial charge in [0.05, 0.1) is 0 Å². The van der Waals surface area contributed by atoms with Crippen molar-refractivity contribution in [3.05, 3.63) is 0 Å². The monoisotopic (exact) mass is 172 g/mol. The lowest BCUT2D eigenvalue weighted by Crippen LogP contribution is -2.50. The molecule has 0 aliphatic carbocycles. The number of nitrogens with one attached hydrogen (secondary N) is 1. The molecule has 2 atom stereocenters. The van der Waals surface area contributed by atoms with E-state index >= 15 is 0 Å². The summed E-state index contributed by atoms with van der Waals surface area (Å²) in [6.07, 6.45) is 0.808. The predicted octanol–water partition coefficient (Wildman–Crippen LogP) is 0.256. The Labute approximate surface area is 74.8 Å². The van der Waals surface area contributed by atoms with E-state index in [9.17, 15) is 5.11 Å². The molecule has 2 N–H and O–H groups in total. The molecule has 0 radical (unpaired) electrons. The van der Waals surface area contributed by atoms with Crippen molar-refractivity contribution in [3.8, 4) is 0 Å². The van der Waals surface area contributed by atoms with Gasteiger partial charge in [0.1, 0.15) is 6.23 Å². The topological polar surface area (TPSA) is 35.5 Å². The summed E-state index contributed by atoms with van der Waals surface area (Å²) in [6, 6.07) is 0. The first-order valence-corrected chi connectivity index (χ1v) is 4.88. The molecule has 1 aliphatic heterocycles. The molecule has 0 spiro atoms. The van der Waals surface area contributed by atoms with Crippen LogP contribution in [-0.2, 0) is 0 Å². The summed E-state index contributed by atoms with van der Waals surface area (Å²) >= 11 is 0. The first-order chi connectivity index (χ1) is 5.75. The minimum absolute atomic E-state index is 0.239. The minimum atomic E-state index is -0.239. The van der Waals surface area contributed by atoms with Gasteiger partial charge in [-0.15, -0.1) is 0 Å². The first kappa shape index (κ1) is 9.96. The van der Waals surface area contributed by atoms with Crippen molar-refractivity contribution >= 4 is 0 Å². The maximum absolute atomic E-state index is 9.84. The van der Waals surface area contributed by atoms with Crippen molar-refractivity contribution in [3.63, 3.8) is 0 Å². The SMILES string of the molecule is CCC(C)C(O)N1CCNCC1. The molecule has 0 aromatic rings. The van der Waals surface area contributed by atoms with Gasteiger partial charge >= 0.3 is 0 Å². The normalized spacial score (nSPS) is 25.2. The molecule has 12 heavy (non-hydrogen) atoms. The van der Waals surface area contributed by atoms with E-state index in [0.717, 1.165) is 32.6 Å². The third kappa shape index (κ3) is 2.44. The van der Waals surface area contributed by atoms with E-state index in [-0.39, 0.29) is 6.23 Å². The van der Waals surface area contributed by atoms with Crippen LogP contribution in [0.1, 0.15) is 20.3 Å². The van der Waals surface area contributed by atoms with Gasteiger partial charge in [0.15, 0.2) is 0 Å². The number of aliphatic hydroxyl groups excluding tert-OH is 1. The number of nitrogens with zero attached hydrogens (tertiary/aromatic N) is 1. The second-order valence-corrected chi connectivity index (χ2v) is 3.59. The van der Waals surface area contributed by atoms with E-state index in [1.807, 2.05) is 0 Å². The van der Waals surface area contributed by atoms with Crippen LogP contribution in [0.15, 0.2) is 0 Å². The van der Waals surface area contributed by atoms with Crippen molar-refractivity contribution in [1.82, 2.24) is 10.2 Å².